The number of hydrogen-bond acceptors (Lipinski definition) is 5. The van der Waals surface area contributed by atoms with Crippen LogP contribution in [0.15, 0.2) is 5.38 Å². The van der Waals surface area contributed by atoms with Crippen molar-refractivity contribution in [3.8, 4) is 0 Å². The van der Waals surface area contributed by atoms with Crippen LogP contribution in [0.25, 0.3) is 0 Å². The van der Waals surface area contributed by atoms with Crippen LogP contribution in [0.2, 0.25) is 0 Å². The Morgan fingerprint density at radius 3 is 2.79 bits per heavy atom. The van der Waals surface area contributed by atoms with Gasteiger partial charge in [-0.05, 0) is 6.92 Å². The van der Waals surface area contributed by atoms with Crippen LogP contribution >= 0.6 is 11.3 Å². The lowest BCUT2D eigenvalue weighted by Gasteiger charge is -2.39. The van der Waals surface area contributed by atoms with Gasteiger partial charge < -0.3 is 10.6 Å². The first kappa shape index (κ1) is 14.0. The number of piperazine rings is 1. The number of hydrogen-bond donors (Lipinski definition) is 1. The molecule has 2 heterocycles. The lowest BCUT2D eigenvalue weighted by Crippen LogP contribution is -2.59. The molecule has 1 atom stereocenters. The normalized spacial score (nSPS) is 20.5. The molecule has 0 aromatic carbocycles. The Kier molecular flexibility index (Phi) is 4.16. The van der Waals surface area contributed by atoms with Gasteiger partial charge in [-0.3, -0.25) is 14.5 Å². The van der Waals surface area contributed by atoms with Gasteiger partial charge in [-0.1, -0.05) is 0 Å². The Hall–Kier alpha value is -1.47. The molecule has 2 rings (SSSR count). The number of carbonyl (C=O) groups is 2. The number of primary amides is 1. The third-order valence-corrected chi connectivity index (χ3v) is 4.07. The van der Waals surface area contributed by atoms with Crippen molar-refractivity contribution in [3.05, 3.63) is 16.1 Å². The molecule has 1 aliphatic rings. The molecule has 0 radical (unpaired) electrons. The predicted molar refractivity (Wildman–Crippen MR) is 72.5 cm³/mol. The summed E-state index contributed by atoms with van der Waals surface area (Å²) >= 11 is 1.61. The van der Waals surface area contributed by atoms with E-state index in [4.69, 9.17) is 5.73 Å². The molecule has 1 aliphatic heterocycles. The molecule has 2 N–H and O–H groups in total. The molecule has 1 fully saturated rings. The fourth-order valence-electron chi connectivity index (χ4n) is 2.31. The molecular formula is C12H18N4O2S. The van der Waals surface area contributed by atoms with Gasteiger partial charge in [-0.15, -0.1) is 11.3 Å². The fraction of sp³-hybridized carbons (Fsp3) is 0.583. The molecule has 1 saturated heterocycles. The molecule has 0 spiro atoms. The maximum Gasteiger partial charge on any atom is 0.241 e. The minimum absolute atomic E-state index is 0.104. The summed E-state index contributed by atoms with van der Waals surface area (Å²) in [6, 6.07) is -0.536. The zero-order valence-corrected chi connectivity index (χ0v) is 11.9. The van der Waals surface area contributed by atoms with E-state index in [9.17, 15) is 9.59 Å². The zero-order valence-electron chi connectivity index (χ0n) is 11.1. The number of aryl methyl sites for hydroxylation is 1. The van der Waals surface area contributed by atoms with Crippen LogP contribution in [0.5, 0.6) is 0 Å². The smallest absolute Gasteiger partial charge is 0.241 e. The summed E-state index contributed by atoms with van der Waals surface area (Å²) in [4.78, 5) is 31.0. The first-order valence-corrected chi connectivity index (χ1v) is 7.05. The van der Waals surface area contributed by atoms with E-state index in [1.807, 2.05) is 12.3 Å². The second kappa shape index (κ2) is 5.66. The van der Waals surface area contributed by atoms with Crippen LogP contribution in [-0.2, 0) is 16.1 Å². The molecular weight excluding hydrogens is 264 g/mol. The summed E-state index contributed by atoms with van der Waals surface area (Å²) in [6.07, 6.45) is 0. The monoisotopic (exact) mass is 282 g/mol. The van der Waals surface area contributed by atoms with Crippen LogP contribution in [0.3, 0.4) is 0 Å². The van der Waals surface area contributed by atoms with E-state index in [1.165, 1.54) is 6.92 Å². The lowest BCUT2D eigenvalue weighted by molar-refractivity contribution is -0.141. The summed E-state index contributed by atoms with van der Waals surface area (Å²) < 4.78 is 0. The van der Waals surface area contributed by atoms with Crippen LogP contribution in [0.4, 0.5) is 0 Å². The molecule has 104 valence electrons. The van der Waals surface area contributed by atoms with Gasteiger partial charge in [0.15, 0.2) is 0 Å². The van der Waals surface area contributed by atoms with E-state index >= 15 is 0 Å². The number of rotatable bonds is 3. The Morgan fingerprint density at radius 2 is 2.26 bits per heavy atom. The maximum atomic E-state index is 11.5. The minimum Gasteiger partial charge on any atom is -0.368 e. The molecule has 7 heteroatoms. The summed E-state index contributed by atoms with van der Waals surface area (Å²) in [6.45, 7) is 5.88. The number of thiazole rings is 1. The van der Waals surface area contributed by atoms with Crippen molar-refractivity contribution >= 4 is 23.2 Å². The largest absolute Gasteiger partial charge is 0.368 e. The number of amides is 2. The number of nitrogens with zero attached hydrogens (tertiary/aromatic N) is 3. The summed E-state index contributed by atoms with van der Waals surface area (Å²) in [7, 11) is 0. The third kappa shape index (κ3) is 3.30. The van der Waals surface area contributed by atoms with Crippen molar-refractivity contribution in [3.63, 3.8) is 0 Å². The van der Waals surface area contributed by atoms with Crippen molar-refractivity contribution in [1.29, 1.82) is 0 Å². The first-order chi connectivity index (χ1) is 8.97. The van der Waals surface area contributed by atoms with E-state index < -0.39 is 11.9 Å². The van der Waals surface area contributed by atoms with Crippen LogP contribution in [0, 0.1) is 6.92 Å². The fourth-order valence-corrected chi connectivity index (χ4v) is 2.92. The molecule has 0 bridgehead atoms. The van der Waals surface area contributed by atoms with E-state index in [2.05, 4.69) is 9.88 Å². The van der Waals surface area contributed by atoms with Crippen molar-refractivity contribution in [1.82, 2.24) is 14.8 Å². The number of aromatic nitrogens is 1. The maximum absolute atomic E-state index is 11.5. The van der Waals surface area contributed by atoms with Gasteiger partial charge in [-0.2, -0.15) is 0 Å². The SMILES string of the molecule is CC(=O)N1CCN(Cc2csc(C)n2)CC1C(N)=O. The van der Waals surface area contributed by atoms with Crippen molar-refractivity contribution < 1.29 is 9.59 Å². The second-order valence-corrected chi connectivity index (χ2v) is 5.79. The zero-order chi connectivity index (χ0) is 14.0. The average Bonchev–Trinajstić information content (AvgIpc) is 2.74. The highest BCUT2D eigenvalue weighted by Gasteiger charge is 2.32. The minimum atomic E-state index is -0.536. The van der Waals surface area contributed by atoms with Gasteiger partial charge in [0.1, 0.15) is 6.04 Å². The summed E-state index contributed by atoms with van der Waals surface area (Å²) in [5, 5.41) is 3.05. The van der Waals surface area contributed by atoms with Gasteiger partial charge in [0.2, 0.25) is 11.8 Å². The molecule has 1 aromatic heterocycles. The standard InChI is InChI=1S/C12H18N4O2S/c1-8-14-10(7-19-8)5-15-3-4-16(9(2)17)11(6-15)12(13)18/h7,11H,3-6H2,1-2H3,(H2,13,18). The lowest BCUT2D eigenvalue weighted by atomic mass is 10.1. The van der Waals surface area contributed by atoms with Gasteiger partial charge in [0.25, 0.3) is 0 Å². The molecule has 6 nitrogen and oxygen atoms in total. The Bertz CT molecular complexity index is 488. The highest BCUT2D eigenvalue weighted by molar-refractivity contribution is 7.09. The van der Waals surface area contributed by atoms with Crippen LogP contribution in [0.1, 0.15) is 17.6 Å². The second-order valence-electron chi connectivity index (χ2n) is 4.72. The highest BCUT2D eigenvalue weighted by Crippen LogP contribution is 2.15. The number of nitrogens with two attached hydrogens (primary N) is 1. The van der Waals surface area contributed by atoms with Gasteiger partial charge >= 0.3 is 0 Å². The first-order valence-electron chi connectivity index (χ1n) is 6.17. The summed E-state index contributed by atoms with van der Waals surface area (Å²) in [5.41, 5.74) is 6.38. The van der Waals surface area contributed by atoms with Gasteiger partial charge in [0, 0.05) is 38.5 Å². The average molecular weight is 282 g/mol. The van der Waals surface area contributed by atoms with E-state index in [1.54, 1.807) is 16.2 Å². The van der Waals surface area contributed by atoms with Crippen molar-refractivity contribution in [2.75, 3.05) is 19.6 Å². The number of carbonyl (C=O) groups excluding carboxylic acids is 2. The van der Waals surface area contributed by atoms with Crippen LogP contribution in [-0.4, -0.2) is 52.3 Å². The molecule has 0 saturated carbocycles. The predicted octanol–water partition coefficient (Wildman–Crippen LogP) is -0.0305. The quantitative estimate of drug-likeness (QED) is 0.844. The highest BCUT2D eigenvalue weighted by atomic mass is 32.1. The Balaban J connectivity index is 2.02. The van der Waals surface area contributed by atoms with E-state index in [0.29, 0.717) is 19.6 Å². The molecule has 0 aliphatic carbocycles. The van der Waals surface area contributed by atoms with E-state index in [-0.39, 0.29) is 5.91 Å². The van der Waals surface area contributed by atoms with Crippen molar-refractivity contribution in [2.24, 2.45) is 5.73 Å². The molecule has 2 amide bonds. The van der Waals surface area contributed by atoms with Crippen LogP contribution < -0.4 is 5.73 Å². The topological polar surface area (TPSA) is 79.5 Å². The van der Waals surface area contributed by atoms with Gasteiger partial charge in [-0.25, -0.2) is 4.98 Å². The molecule has 1 aromatic rings. The van der Waals surface area contributed by atoms with E-state index in [0.717, 1.165) is 17.2 Å². The Labute approximate surface area is 116 Å². The Morgan fingerprint density at radius 1 is 1.53 bits per heavy atom. The van der Waals surface area contributed by atoms with Crippen molar-refractivity contribution in [2.45, 2.75) is 26.4 Å². The molecule has 19 heavy (non-hydrogen) atoms. The third-order valence-electron chi connectivity index (χ3n) is 3.25. The van der Waals surface area contributed by atoms with Gasteiger partial charge in [0.05, 0.1) is 10.7 Å². The summed E-state index contributed by atoms with van der Waals surface area (Å²) in [5.74, 6) is -0.553. The molecule has 1 unspecified atom stereocenters.